The fourth-order valence-electron chi connectivity index (χ4n) is 2.79. The van der Waals surface area contributed by atoms with Crippen LogP contribution in [0.3, 0.4) is 0 Å². The lowest BCUT2D eigenvalue weighted by molar-refractivity contribution is 0.0788. The molecule has 2 N–H and O–H groups in total. The first-order chi connectivity index (χ1) is 7.81. The molecule has 3 heterocycles. The summed E-state index contributed by atoms with van der Waals surface area (Å²) in [5.74, 6) is 0.433. The molecule has 0 aliphatic carbocycles. The Morgan fingerprint density at radius 2 is 1.94 bits per heavy atom. The zero-order valence-electron chi connectivity index (χ0n) is 9.39. The van der Waals surface area contributed by atoms with E-state index in [1.54, 1.807) is 6.07 Å². The number of nitrogens with one attached hydrogen (secondary N) is 1. The first kappa shape index (κ1) is 10.1. The molecule has 0 radical (unpaired) electrons. The standard InChI is InChI=1S/C13H18N2O/c16-13-4-2-1-3-10(13)5-6-15-8-11-7-12(9-15)14-11/h1-4,11-12,14,16H,5-9H2. The second-order valence-corrected chi connectivity index (χ2v) is 4.93. The van der Waals surface area contributed by atoms with E-state index < -0.39 is 0 Å². The van der Waals surface area contributed by atoms with Crippen molar-refractivity contribution in [2.75, 3.05) is 19.6 Å². The Kier molecular flexibility index (Phi) is 2.58. The van der Waals surface area contributed by atoms with Gasteiger partial charge in [0.25, 0.3) is 0 Å². The van der Waals surface area contributed by atoms with Gasteiger partial charge in [0.15, 0.2) is 0 Å². The molecule has 0 saturated carbocycles. The molecule has 0 amide bonds. The molecule has 3 fully saturated rings. The van der Waals surface area contributed by atoms with E-state index in [4.69, 9.17) is 0 Å². The van der Waals surface area contributed by atoms with E-state index in [2.05, 4.69) is 10.2 Å². The molecule has 2 bridgehead atoms. The van der Waals surface area contributed by atoms with Crippen molar-refractivity contribution in [3.63, 3.8) is 0 Å². The molecule has 16 heavy (non-hydrogen) atoms. The average molecular weight is 218 g/mol. The molecule has 3 aliphatic heterocycles. The van der Waals surface area contributed by atoms with Crippen molar-refractivity contribution in [1.82, 2.24) is 10.2 Å². The van der Waals surface area contributed by atoms with E-state index in [9.17, 15) is 5.11 Å². The number of fused-ring (bicyclic) bond motifs is 2. The van der Waals surface area contributed by atoms with Crippen LogP contribution in [0, 0.1) is 0 Å². The fourth-order valence-corrected chi connectivity index (χ4v) is 2.79. The third kappa shape index (κ3) is 1.93. The summed E-state index contributed by atoms with van der Waals surface area (Å²) in [6.07, 6.45) is 2.30. The normalized spacial score (nSPS) is 28.8. The van der Waals surface area contributed by atoms with Crippen LogP contribution in [-0.4, -0.2) is 41.7 Å². The van der Waals surface area contributed by atoms with Crippen molar-refractivity contribution in [2.45, 2.75) is 24.9 Å². The van der Waals surface area contributed by atoms with Gasteiger partial charge >= 0.3 is 0 Å². The molecule has 1 aromatic rings. The lowest BCUT2D eigenvalue weighted by Gasteiger charge is -2.48. The molecule has 2 atom stereocenters. The number of para-hydroxylation sites is 1. The fraction of sp³-hybridized carbons (Fsp3) is 0.538. The van der Waals surface area contributed by atoms with Crippen LogP contribution in [-0.2, 0) is 6.42 Å². The number of piperidine rings is 1. The maximum Gasteiger partial charge on any atom is 0.118 e. The molecule has 0 spiro atoms. The Balaban J connectivity index is 1.55. The zero-order chi connectivity index (χ0) is 11.0. The van der Waals surface area contributed by atoms with Gasteiger partial charge in [-0.1, -0.05) is 18.2 Å². The largest absolute Gasteiger partial charge is 0.508 e. The van der Waals surface area contributed by atoms with Gasteiger partial charge in [-0.2, -0.15) is 0 Å². The van der Waals surface area contributed by atoms with E-state index in [1.807, 2.05) is 18.2 Å². The van der Waals surface area contributed by atoms with Gasteiger partial charge in [0.05, 0.1) is 0 Å². The number of rotatable bonds is 3. The summed E-state index contributed by atoms with van der Waals surface area (Å²) in [5, 5.41) is 13.2. The summed E-state index contributed by atoms with van der Waals surface area (Å²) in [6, 6.07) is 9.10. The monoisotopic (exact) mass is 218 g/mol. The molecule has 86 valence electrons. The summed E-state index contributed by atoms with van der Waals surface area (Å²) in [5.41, 5.74) is 1.06. The van der Waals surface area contributed by atoms with Gasteiger partial charge in [0.2, 0.25) is 0 Å². The lowest BCUT2D eigenvalue weighted by atomic mass is 9.91. The van der Waals surface area contributed by atoms with Gasteiger partial charge in [-0.3, -0.25) is 4.90 Å². The predicted molar refractivity (Wildman–Crippen MR) is 63.6 cm³/mol. The Labute approximate surface area is 96.1 Å². The van der Waals surface area contributed by atoms with Gasteiger partial charge in [-0.25, -0.2) is 0 Å². The third-order valence-corrected chi connectivity index (χ3v) is 3.69. The topological polar surface area (TPSA) is 35.5 Å². The second kappa shape index (κ2) is 4.07. The third-order valence-electron chi connectivity index (χ3n) is 3.69. The number of hydrogen-bond donors (Lipinski definition) is 2. The van der Waals surface area contributed by atoms with Crippen molar-refractivity contribution in [3.8, 4) is 5.75 Å². The minimum Gasteiger partial charge on any atom is -0.508 e. The molecule has 3 heteroatoms. The zero-order valence-corrected chi connectivity index (χ0v) is 9.39. The molecule has 3 saturated heterocycles. The van der Waals surface area contributed by atoms with E-state index >= 15 is 0 Å². The van der Waals surface area contributed by atoms with E-state index in [-0.39, 0.29) is 0 Å². The molecule has 3 aliphatic rings. The number of benzene rings is 1. The van der Waals surface area contributed by atoms with Crippen LogP contribution in [0.1, 0.15) is 12.0 Å². The summed E-state index contributed by atoms with van der Waals surface area (Å²) in [7, 11) is 0. The van der Waals surface area contributed by atoms with Gasteiger partial charge < -0.3 is 10.4 Å². The highest BCUT2D eigenvalue weighted by molar-refractivity contribution is 5.31. The lowest BCUT2D eigenvalue weighted by Crippen LogP contribution is -2.66. The maximum atomic E-state index is 9.67. The van der Waals surface area contributed by atoms with Gasteiger partial charge in [0.1, 0.15) is 5.75 Å². The highest BCUT2D eigenvalue weighted by Crippen LogP contribution is 2.22. The molecule has 4 rings (SSSR count). The Bertz CT molecular complexity index is 364. The van der Waals surface area contributed by atoms with Crippen molar-refractivity contribution in [1.29, 1.82) is 0 Å². The number of piperazine rings is 1. The highest BCUT2D eigenvalue weighted by Gasteiger charge is 2.35. The predicted octanol–water partition coefficient (Wildman–Crippen LogP) is 0.981. The Morgan fingerprint density at radius 1 is 1.25 bits per heavy atom. The summed E-state index contributed by atoms with van der Waals surface area (Å²) >= 11 is 0. The molecule has 1 aromatic carbocycles. The van der Waals surface area contributed by atoms with E-state index in [0.717, 1.165) is 30.6 Å². The summed E-state index contributed by atoms with van der Waals surface area (Å²) < 4.78 is 0. The van der Waals surface area contributed by atoms with Crippen molar-refractivity contribution in [2.24, 2.45) is 0 Å². The first-order valence-electron chi connectivity index (χ1n) is 6.06. The maximum absolute atomic E-state index is 9.67. The van der Waals surface area contributed by atoms with Crippen LogP contribution < -0.4 is 5.32 Å². The van der Waals surface area contributed by atoms with Crippen LogP contribution in [0.5, 0.6) is 5.75 Å². The number of hydrogen-bond acceptors (Lipinski definition) is 3. The minimum atomic E-state index is 0.433. The van der Waals surface area contributed by atoms with Crippen molar-refractivity contribution in [3.05, 3.63) is 29.8 Å². The molecule has 3 nitrogen and oxygen atoms in total. The van der Waals surface area contributed by atoms with Crippen LogP contribution in [0.25, 0.3) is 0 Å². The first-order valence-corrected chi connectivity index (χ1v) is 6.06. The molecule has 2 unspecified atom stereocenters. The molecular weight excluding hydrogens is 200 g/mol. The Morgan fingerprint density at radius 3 is 2.62 bits per heavy atom. The average Bonchev–Trinajstić information content (AvgIpc) is 2.27. The van der Waals surface area contributed by atoms with Crippen LogP contribution >= 0.6 is 0 Å². The summed E-state index contributed by atoms with van der Waals surface area (Å²) in [4.78, 5) is 2.50. The number of phenolic OH excluding ortho intramolecular Hbond substituents is 1. The van der Waals surface area contributed by atoms with E-state index in [0.29, 0.717) is 5.75 Å². The van der Waals surface area contributed by atoms with E-state index in [1.165, 1.54) is 19.5 Å². The van der Waals surface area contributed by atoms with Crippen LogP contribution in [0.2, 0.25) is 0 Å². The summed E-state index contributed by atoms with van der Waals surface area (Å²) in [6.45, 7) is 3.40. The quantitative estimate of drug-likeness (QED) is 0.794. The van der Waals surface area contributed by atoms with Gasteiger partial charge in [-0.15, -0.1) is 0 Å². The number of nitrogens with zero attached hydrogens (tertiary/aromatic N) is 1. The van der Waals surface area contributed by atoms with Crippen molar-refractivity contribution < 1.29 is 5.11 Å². The van der Waals surface area contributed by atoms with Gasteiger partial charge in [0, 0.05) is 31.7 Å². The smallest absolute Gasteiger partial charge is 0.118 e. The molecule has 0 aromatic heterocycles. The number of aromatic hydroxyl groups is 1. The number of phenols is 1. The van der Waals surface area contributed by atoms with Crippen LogP contribution in [0.4, 0.5) is 0 Å². The minimum absolute atomic E-state index is 0.433. The molecular formula is C13H18N2O. The second-order valence-electron chi connectivity index (χ2n) is 4.93. The SMILES string of the molecule is Oc1ccccc1CCN1CC2CC(C1)N2. The van der Waals surface area contributed by atoms with Crippen molar-refractivity contribution >= 4 is 0 Å². The van der Waals surface area contributed by atoms with Gasteiger partial charge in [-0.05, 0) is 24.5 Å². The van der Waals surface area contributed by atoms with Crippen LogP contribution in [0.15, 0.2) is 24.3 Å². The highest BCUT2D eigenvalue weighted by atomic mass is 16.3. The Hall–Kier alpha value is -1.06.